The van der Waals surface area contributed by atoms with Gasteiger partial charge in [0.1, 0.15) is 5.84 Å². The average molecular weight is 157 g/mol. The van der Waals surface area contributed by atoms with Crippen LogP contribution >= 0.6 is 0 Å². The Morgan fingerprint density at radius 3 is 1.91 bits per heavy atom. The van der Waals surface area contributed by atoms with Gasteiger partial charge in [0.15, 0.2) is 0 Å². The molecule has 0 aromatic rings. The van der Waals surface area contributed by atoms with Crippen LogP contribution in [0.1, 0.15) is 27.7 Å². The van der Waals surface area contributed by atoms with Crippen molar-refractivity contribution in [3.8, 4) is 0 Å². The van der Waals surface area contributed by atoms with E-state index in [0.29, 0.717) is 5.92 Å². The molecular weight excluding hydrogens is 138 g/mol. The Hall–Kier alpha value is -0.860. The van der Waals surface area contributed by atoms with Crippen LogP contribution in [0.15, 0.2) is 9.98 Å². The molecule has 0 aliphatic carbocycles. The molecule has 0 fully saturated rings. The zero-order valence-electron chi connectivity index (χ0n) is 8.13. The minimum atomic E-state index is 0.356. The summed E-state index contributed by atoms with van der Waals surface area (Å²) in [5.41, 5.74) is 5.07. The molecular formula is C8H19N3. The lowest BCUT2D eigenvalue weighted by atomic mass is 10.2. The van der Waals surface area contributed by atoms with Crippen molar-refractivity contribution in [1.29, 1.82) is 0 Å². The summed E-state index contributed by atoms with van der Waals surface area (Å²) in [5.74, 6) is 1.15. The Balaban J connectivity index is 0. The van der Waals surface area contributed by atoms with Crippen molar-refractivity contribution in [3.05, 3.63) is 0 Å². The SMILES string of the molecule is CC.CN=C(N=CN)C(C)C. The molecule has 0 spiro atoms. The van der Waals surface area contributed by atoms with Gasteiger partial charge in [-0.25, -0.2) is 4.99 Å². The molecule has 0 aromatic heterocycles. The summed E-state index contributed by atoms with van der Waals surface area (Å²) in [6.07, 6.45) is 1.27. The van der Waals surface area contributed by atoms with Crippen molar-refractivity contribution in [2.45, 2.75) is 27.7 Å². The molecule has 0 bridgehead atoms. The maximum atomic E-state index is 5.07. The normalized spacial score (nSPS) is 11.6. The largest absolute Gasteiger partial charge is 0.390 e. The molecule has 0 aliphatic rings. The molecule has 0 saturated heterocycles. The molecule has 0 unspecified atom stereocenters. The number of nitrogens with two attached hydrogens (primary N) is 1. The number of amidine groups is 1. The van der Waals surface area contributed by atoms with Crippen LogP contribution in [0.3, 0.4) is 0 Å². The maximum absolute atomic E-state index is 5.07. The van der Waals surface area contributed by atoms with Crippen molar-refractivity contribution < 1.29 is 0 Å². The van der Waals surface area contributed by atoms with E-state index in [1.54, 1.807) is 7.05 Å². The summed E-state index contributed by atoms with van der Waals surface area (Å²) in [7, 11) is 1.71. The van der Waals surface area contributed by atoms with E-state index in [0.717, 1.165) is 5.84 Å². The minimum absolute atomic E-state index is 0.356. The quantitative estimate of drug-likeness (QED) is 0.457. The number of nitrogens with zero attached hydrogens (tertiary/aromatic N) is 2. The van der Waals surface area contributed by atoms with Crippen LogP contribution in [0.2, 0.25) is 0 Å². The first-order valence-electron chi connectivity index (χ1n) is 3.93. The van der Waals surface area contributed by atoms with Crippen LogP contribution < -0.4 is 5.73 Å². The molecule has 0 radical (unpaired) electrons. The molecule has 2 N–H and O–H groups in total. The van der Waals surface area contributed by atoms with Gasteiger partial charge in [0.05, 0.1) is 6.34 Å². The zero-order chi connectivity index (χ0) is 9.28. The second-order valence-electron chi connectivity index (χ2n) is 2.01. The summed E-state index contributed by atoms with van der Waals surface area (Å²) < 4.78 is 0. The second kappa shape index (κ2) is 9.14. The Morgan fingerprint density at radius 1 is 1.36 bits per heavy atom. The van der Waals surface area contributed by atoms with Crippen molar-refractivity contribution >= 4 is 12.2 Å². The standard InChI is InChI=1S/C6H13N3.C2H6/c1-5(2)6(8-3)9-4-7;1-2/h4-5H,1-3H3,(H2,7,8,9);1-2H3. The third kappa shape index (κ3) is 7.03. The molecule has 0 amide bonds. The van der Waals surface area contributed by atoms with E-state index < -0.39 is 0 Å². The monoisotopic (exact) mass is 157 g/mol. The Kier molecular flexibility index (Phi) is 10.6. The molecule has 66 valence electrons. The second-order valence-corrected chi connectivity index (χ2v) is 2.01. The summed E-state index contributed by atoms with van der Waals surface area (Å²) >= 11 is 0. The smallest absolute Gasteiger partial charge is 0.127 e. The minimum Gasteiger partial charge on any atom is -0.390 e. The van der Waals surface area contributed by atoms with Gasteiger partial charge < -0.3 is 5.73 Å². The van der Waals surface area contributed by atoms with Crippen LogP contribution in [0.25, 0.3) is 0 Å². The number of hydrogen-bond donors (Lipinski definition) is 1. The summed E-state index contributed by atoms with van der Waals surface area (Å²) in [5, 5.41) is 0. The van der Waals surface area contributed by atoms with E-state index in [-0.39, 0.29) is 0 Å². The average Bonchev–Trinajstić information content (AvgIpc) is 2.03. The van der Waals surface area contributed by atoms with Gasteiger partial charge in [0.25, 0.3) is 0 Å². The molecule has 0 rings (SSSR count). The molecule has 3 heteroatoms. The third-order valence-electron chi connectivity index (χ3n) is 0.952. The highest BCUT2D eigenvalue weighted by atomic mass is 14.9. The molecule has 0 atom stereocenters. The summed E-state index contributed by atoms with van der Waals surface area (Å²) in [6.45, 7) is 8.05. The molecule has 0 aromatic carbocycles. The number of rotatable bonds is 1. The number of hydrogen-bond acceptors (Lipinski definition) is 1. The zero-order valence-corrected chi connectivity index (χ0v) is 8.13. The van der Waals surface area contributed by atoms with E-state index in [1.807, 2.05) is 27.7 Å². The Morgan fingerprint density at radius 2 is 1.82 bits per heavy atom. The van der Waals surface area contributed by atoms with Gasteiger partial charge in [-0.05, 0) is 0 Å². The van der Waals surface area contributed by atoms with Gasteiger partial charge in [-0.15, -0.1) is 0 Å². The van der Waals surface area contributed by atoms with Crippen LogP contribution in [0, 0.1) is 5.92 Å². The first kappa shape index (κ1) is 12.8. The molecule has 0 saturated carbocycles. The fraction of sp³-hybridized carbons (Fsp3) is 0.750. The highest BCUT2D eigenvalue weighted by Gasteiger charge is 1.98. The highest BCUT2D eigenvalue weighted by Crippen LogP contribution is 1.96. The Bertz CT molecular complexity index is 125. The molecule has 3 nitrogen and oxygen atoms in total. The Labute approximate surface area is 69.4 Å². The predicted molar refractivity (Wildman–Crippen MR) is 52.2 cm³/mol. The highest BCUT2D eigenvalue weighted by molar-refractivity contribution is 5.89. The van der Waals surface area contributed by atoms with E-state index in [1.165, 1.54) is 6.34 Å². The van der Waals surface area contributed by atoms with E-state index >= 15 is 0 Å². The number of aliphatic imine (C=N–C) groups is 2. The van der Waals surface area contributed by atoms with Crippen molar-refractivity contribution in [1.82, 2.24) is 0 Å². The lowest BCUT2D eigenvalue weighted by molar-refractivity contribution is 0.870. The lowest BCUT2D eigenvalue weighted by Crippen LogP contribution is -2.06. The van der Waals surface area contributed by atoms with E-state index in [2.05, 4.69) is 9.98 Å². The summed E-state index contributed by atoms with van der Waals surface area (Å²) in [6, 6.07) is 0. The van der Waals surface area contributed by atoms with Crippen LogP contribution in [-0.4, -0.2) is 19.2 Å². The van der Waals surface area contributed by atoms with Gasteiger partial charge >= 0.3 is 0 Å². The van der Waals surface area contributed by atoms with Gasteiger partial charge in [0, 0.05) is 13.0 Å². The molecule has 11 heavy (non-hydrogen) atoms. The first-order chi connectivity index (χ1) is 5.22. The fourth-order valence-corrected chi connectivity index (χ4v) is 0.541. The van der Waals surface area contributed by atoms with Gasteiger partial charge in [-0.1, -0.05) is 27.7 Å². The van der Waals surface area contributed by atoms with Crippen molar-refractivity contribution in [2.75, 3.05) is 7.05 Å². The first-order valence-corrected chi connectivity index (χ1v) is 3.93. The van der Waals surface area contributed by atoms with Crippen LogP contribution in [0.4, 0.5) is 0 Å². The van der Waals surface area contributed by atoms with Crippen LogP contribution in [0.5, 0.6) is 0 Å². The van der Waals surface area contributed by atoms with Crippen molar-refractivity contribution in [2.24, 2.45) is 21.6 Å². The molecule has 0 heterocycles. The van der Waals surface area contributed by atoms with E-state index in [9.17, 15) is 0 Å². The van der Waals surface area contributed by atoms with Gasteiger partial charge in [-0.3, -0.25) is 4.99 Å². The lowest BCUT2D eigenvalue weighted by Gasteiger charge is -2.00. The topological polar surface area (TPSA) is 50.7 Å². The third-order valence-corrected chi connectivity index (χ3v) is 0.952. The maximum Gasteiger partial charge on any atom is 0.127 e. The molecule has 0 aliphatic heterocycles. The van der Waals surface area contributed by atoms with Gasteiger partial charge in [-0.2, -0.15) is 0 Å². The van der Waals surface area contributed by atoms with Crippen LogP contribution in [-0.2, 0) is 0 Å². The van der Waals surface area contributed by atoms with Crippen molar-refractivity contribution in [3.63, 3.8) is 0 Å². The fourth-order valence-electron chi connectivity index (χ4n) is 0.541. The predicted octanol–water partition coefficient (Wildman–Crippen LogP) is 1.68. The van der Waals surface area contributed by atoms with Gasteiger partial charge in [0.2, 0.25) is 0 Å². The van der Waals surface area contributed by atoms with E-state index in [4.69, 9.17) is 5.73 Å². The summed E-state index contributed by atoms with van der Waals surface area (Å²) in [4.78, 5) is 7.76.